The minimum Gasteiger partial charge on any atom is -0.491 e. The fourth-order valence-electron chi connectivity index (χ4n) is 7.99. The molecule has 0 radical (unpaired) electrons. The second kappa shape index (κ2) is 14.9. The minimum atomic E-state index is -0.526. The Morgan fingerprint density at radius 1 is 0.852 bits per heavy atom. The maximum Gasteiger partial charge on any atom is 0.410 e. The van der Waals surface area contributed by atoms with E-state index in [1.807, 2.05) is 31.7 Å². The first-order valence-electron chi connectivity index (χ1n) is 19.1. The smallest absolute Gasteiger partial charge is 0.410 e. The van der Waals surface area contributed by atoms with Crippen LogP contribution in [0.25, 0.3) is 22.4 Å². The number of nitrogens with one attached hydrogen (secondary N) is 1. The lowest BCUT2D eigenvalue weighted by molar-refractivity contribution is 0.0166. The lowest BCUT2D eigenvalue weighted by Crippen LogP contribution is -2.51. The fraction of sp³-hybridized carbons (Fsp3) is 0.304. The number of aryl methyl sites for hydroxylation is 1. The Hall–Kier alpha value is -5.76. The monoisotopic (exact) mass is 719 g/mol. The number of hydrogen-bond acceptors (Lipinski definition) is 6. The highest BCUT2D eigenvalue weighted by molar-refractivity contribution is 5.81. The number of carbonyl (C=O) groups excluding carboxylic acids is 1. The summed E-state index contributed by atoms with van der Waals surface area (Å²) in [5.41, 5.74) is 8.57. The number of anilines is 2. The van der Waals surface area contributed by atoms with Gasteiger partial charge in [0.2, 0.25) is 0 Å². The molecular weight excluding hydrogens is 671 g/mol. The lowest BCUT2D eigenvalue weighted by Gasteiger charge is -2.43. The summed E-state index contributed by atoms with van der Waals surface area (Å²) >= 11 is 0. The number of imidazole rings is 1. The third kappa shape index (κ3) is 7.51. The molecule has 0 aliphatic carbocycles. The third-order valence-corrected chi connectivity index (χ3v) is 10.6. The first-order valence-corrected chi connectivity index (χ1v) is 19.1. The molecule has 1 aromatic heterocycles. The topological polar surface area (TPSA) is 71.9 Å². The Balaban J connectivity index is 1.07. The molecule has 2 atom stereocenters. The summed E-state index contributed by atoms with van der Waals surface area (Å²) in [5.74, 6) is 2.03. The molecule has 6 aromatic rings. The van der Waals surface area contributed by atoms with Crippen molar-refractivity contribution >= 4 is 28.5 Å². The van der Waals surface area contributed by atoms with Crippen molar-refractivity contribution in [2.24, 2.45) is 5.92 Å². The molecule has 0 saturated carbocycles. The fourth-order valence-corrected chi connectivity index (χ4v) is 7.99. The van der Waals surface area contributed by atoms with Crippen molar-refractivity contribution in [3.05, 3.63) is 144 Å². The number of hydrogen-bond donors (Lipinski definition) is 1. The van der Waals surface area contributed by atoms with Crippen LogP contribution in [0.3, 0.4) is 0 Å². The van der Waals surface area contributed by atoms with E-state index in [2.05, 4.69) is 143 Å². The molecule has 0 bridgehead atoms. The molecule has 2 unspecified atom stereocenters. The third-order valence-electron chi connectivity index (χ3n) is 10.6. The van der Waals surface area contributed by atoms with Crippen molar-refractivity contribution in [2.75, 3.05) is 29.9 Å². The predicted octanol–water partition coefficient (Wildman–Crippen LogP) is 10.1. The molecule has 8 rings (SSSR count). The lowest BCUT2D eigenvalue weighted by atomic mass is 9.88. The van der Waals surface area contributed by atoms with Crippen molar-refractivity contribution in [1.29, 1.82) is 0 Å². The first kappa shape index (κ1) is 35.3. The van der Waals surface area contributed by atoms with Crippen LogP contribution in [0, 0.1) is 12.8 Å². The van der Waals surface area contributed by atoms with E-state index in [4.69, 9.17) is 14.5 Å². The Kier molecular flexibility index (Phi) is 9.76. The zero-order valence-corrected chi connectivity index (χ0v) is 31.6. The van der Waals surface area contributed by atoms with Gasteiger partial charge in [0.1, 0.15) is 29.9 Å². The van der Waals surface area contributed by atoms with Crippen LogP contribution in [0.1, 0.15) is 56.5 Å². The Bertz CT molecular complexity index is 2220. The number of piperidine rings is 1. The summed E-state index contributed by atoms with van der Waals surface area (Å²) in [7, 11) is 0. The van der Waals surface area contributed by atoms with Crippen molar-refractivity contribution in [3.63, 3.8) is 0 Å². The molecule has 2 aliphatic rings. The highest BCUT2D eigenvalue weighted by Gasteiger charge is 2.41. The molecule has 8 nitrogen and oxygen atoms in total. The number of likely N-dealkylation sites (tertiary alicyclic amines) is 1. The summed E-state index contributed by atoms with van der Waals surface area (Å²) in [6, 6.07) is 44.6. The van der Waals surface area contributed by atoms with E-state index < -0.39 is 5.60 Å². The van der Waals surface area contributed by atoms with Crippen molar-refractivity contribution in [3.8, 4) is 17.1 Å². The SMILES string of the molecule is Cc1cccc(Cn2c(-c3ccc(OCC(C4CCN(C(=O)OC(C)(C)C)CC4)N4c5ccccc5NC4c4ccccc4)cc3)nc3ccccc32)c1. The molecule has 1 N–H and O–H groups in total. The van der Waals surface area contributed by atoms with E-state index in [1.54, 1.807) is 0 Å². The largest absolute Gasteiger partial charge is 0.491 e. The van der Waals surface area contributed by atoms with Gasteiger partial charge in [-0.05, 0) is 106 Å². The van der Waals surface area contributed by atoms with Crippen LogP contribution in [0.15, 0.2) is 127 Å². The van der Waals surface area contributed by atoms with E-state index in [0.717, 1.165) is 58.9 Å². The van der Waals surface area contributed by atoms with Gasteiger partial charge in [0, 0.05) is 25.2 Å². The van der Waals surface area contributed by atoms with Crippen molar-refractivity contribution in [2.45, 2.75) is 64.9 Å². The van der Waals surface area contributed by atoms with Crippen LogP contribution in [0.4, 0.5) is 16.2 Å². The minimum absolute atomic E-state index is 0.0327. The molecule has 1 saturated heterocycles. The van der Waals surface area contributed by atoms with Gasteiger partial charge in [-0.25, -0.2) is 9.78 Å². The van der Waals surface area contributed by atoms with Crippen LogP contribution < -0.4 is 15.0 Å². The number of benzene rings is 5. The average molecular weight is 720 g/mol. The van der Waals surface area contributed by atoms with E-state index in [0.29, 0.717) is 19.7 Å². The van der Waals surface area contributed by atoms with Gasteiger partial charge in [-0.1, -0.05) is 84.4 Å². The first-order chi connectivity index (χ1) is 26.2. The maximum absolute atomic E-state index is 13.0. The number of para-hydroxylation sites is 4. The van der Waals surface area contributed by atoms with E-state index in [9.17, 15) is 4.79 Å². The number of fused-ring (bicyclic) bond motifs is 2. The van der Waals surface area contributed by atoms with Gasteiger partial charge in [0.25, 0.3) is 0 Å². The van der Waals surface area contributed by atoms with Gasteiger partial charge in [-0.2, -0.15) is 0 Å². The Morgan fingerprint density at radius 2 is 1.57 bits per heavy atom. The van der Waals surface area contributed by atoms with E-state index >= 15 is 0 Å². The predicted molar refractivity (Wildman–Crippen MR) is 217 cm³/mol. The number of carbonyl (C=O) groups is 1. The molecular formula is C46H49N5O3. The molecule has 1 fully saturated rings. The van der Waals surface area contributed by atoms with Crippen LogP contribution in [-0.4, -0.2) is 51.9 Å². The zero-order chi connectivity index (χ0) is 37.2. The van der Waals surface area contributed by atoms with Gasteiger partial charge in [0.15, 0.2) is 0 Å². The summed E-state index contributed by atoms with van der Waals surface area (Å²) < 4.78 is 14.8. The highest BCUT2D eigenvalue weighted by atomic mass is 16.6. The van der Waals surface area contributed by atoms with Crippen LogP contribution in [0.5, 0.6) is 5.75 Å². The number of rotatable bonds is 9. The molecule has 54 heavy (non-hydrogen) atoms. The molecule has 276 valence electrons. The normalized spacial score (nSPS) is 16.6. The Labute approximate surface area is 318 Å². The van der Waals surface area contributed by atoms with Crippen LogP contribution in [0.2, 0.25) is 0 Å². The number of nitrogens with zero attached hydrogens (tertiary/aromatic N) is 4. The van der Waals surface area contributed by atoms with E-state index in [1.165, 1.54) is 16.7 Å². The van der Waals surface area contributed by atoms with Gasteiger partial charge in [-0.3, -0.25) is 0 Å². The highest BCUT2D eigenvalue weighted by Crippen LogP contribution is 2.45. The summed E-state index contributed by atoms with van der Waals surface area (Å²) in [6.07, 6.45) is 1.41. The summed E-state index contributed by atoms with van der Waals surface area (Å²) in [6.45, 7) is 10.4. The van der Waals surface area contributed by atoms with Gasteiger partial charge >= 0.3 is 6.09 Å². The summed E-state index contributed by atoms with van der Waals surface area (Å²) in [5, 5.41) is 3.81. The summed E-state index contributed by atoms with van der Waals surface area (Å²) in [4.78, 5) is 22.5. The second-order valence-electron chi connectivity index (χ2n) is 15.6. The molecule has 2 aliphatic heterocycles. The molecule has 5 aromatic carbocycles. The van der Waals surface area contributed by atoms with Gasteiger partial charge in [0.05, 0.1) is 28.5 Å². The van der Waals surface area contributed by atoms with Gasteiger partial charge < -0.3 is 29.2 Å². The molecule has 3 heterocycles. The van der Waals surface area contributed by atoms with Gasteiger partial charge in [-0.15, -0.1) is 0 Å². The van der Waals surface area contributed by atoms with Crippen LogP contribution >= 0.6 is 0 Å². The second-order valence-corrected chi connectivity index (χ2v) is 15.6. The maximum atomic E-state index is 13.0. The molecule has 1 amide bonds. The number of amides is 1. The average Bonchev–Trinajstić information content (AvgIpc) is 3.74. The number of aromatic nitrogens is 2. The number of ether oxygens (including phenoxy) is 2. The van der Waals surface area contributed by atoms with Crippen molar-refractivity contribution < 1.29 is 14.3 Å². The van der Waals surface area contributed by atoms with Crippen LogP contribution in [-0.2, 0) is 11.3 Å². The quantitative estimate of drug-likeness (QED) is 0.160. The van der Waals surface area contributed by atoms with Crippen molar-refractivity contribution in [1.82, 2.24) is 14.5 Å². The molecule has 8 heteroatoms. The zero-order valence-electron chi connectivity index (χ0n) is 31.6. The molecule has 0 spiro atoms. The Morgan fingerprint density at radius 3 is 2.33 bits per heavy atom. The van der Waals surface area contributed by atoms with E-state index in [-0.39, 0.29) is 24.2 Å². The standard InChI is InChI=1S/C46H49N5O3/c1-32-13-12-14-33(29-32)30-50-40-19-10-8-17-38(40)47-43(50)36-21-23-37(24-22-36)53-31-42(34-25-27-49(28-26-34)45(52)54-46(2,3)4)51-41-20-11-9-18-39(41)48-44(51)35-15-6-5-7-16-35/h5-24,29,34,42,44,48H,25-28,30-31H2,1-4H3.